The highest BCUT2D eigenvalue weighted by molar-refractivity contribution is 7.04. The molecule has 0 saturated heterocycles. The fraction of sp³-hybridized carbons (Fsp3) is 0. The van der Waals surface area contributed by atoms with Crippen LogP contribution in [0.3, 0.4) is 0 Å². The first-order chi connectivity index (χ1) is 6.86. The van der Waals surface area contributed by atoms with Gasteiger partial charge in [-0.2, -0.15) is 4.37 Å². The van der Waals surface area contributed by atoms with E-state index in [2.05, 4.69) is 10.4 Å². The van der Waals surface area contributed by atoms with Gasteiger partial charge in [0.25, 0.3) is 0 Å². The number of hydrogen-bond acceptors (Lipinski definition) is 2. The van der Waals surface area contributed by atoms with Gasteiger partial charge in [0.1, 0.15) is 0 Å². The molecule has 0 fully saturated rings. The van der Waals surface area contributed by atoms with Crippen molar-refractivity contribution in [3.8, 4) is 0 Å². The van der Waals surface area contributed by atoms with Gasteiger partial charge in [0.05, 0.1) is 5.52 Å². The highest BCUT2D eigenvalue weighted by Gasteiger charge is 2.05. The number of halogens is 1. The Kier molecular flexibility index (Phi) is 1.72. The van der Waals surface area contributed by atoms with Crippen molar-refractivity contribution in [2.24, 2.45) is 0 Å². The fourth-order valence-corrected chi connectivity index (χ4v) is 2.60. The molecule has 0 atom stereocenters. The van der Waals surface area contributed by atoms with Crippen LogP contribution in [0.1, 0.15) is 0 Å². The highest BCUT2D eigenvalue weighted by Crippen LogP contribution is 2.31. The minimum Gasteiger partial charge on any atom is -0.192 e. The SMILES string of the molecule is Clc1cc2csnc2c2ccccc12. The van der Waals surface area contributed by atoms with Crippen molar-refractivity contribution in [3.05, 3.63) is 40.7 Å². The molecular weight excluding hydrogens is 214 g/mol. The van der Waals surface area contributed by atoms with Crippen molar-refractivity contribution in [2.45, 2.75) is 0 Å². The van der Waals surface area contributed by atoms with Crippen LogP contribution in [0, 0.1) is 0 Å². The second-order valence-electron chi connectivity index (χ2n) is 3.16. The third-order valence-electron chi connectivity index (χ3n) is 2.32. The van der Waals surface area contributed by atoms with Crippen molar-refractivity contribution in [3.63, 3.8) is 0 Å². The Labute approximate surface area is 90.1 Å². The summed E-state index contributed by atoms with van der Waals surface area (Å²) in [6, 6.07) is 10.1. The van der Waals surface area contributed by atoms with Gasteiger partial charge in [0.2, 0.25) is 0 Å². The van der Waals surface area contributed by atoms with Gasteiger partial charge in [-0.05, 0) is 17.6 Å². The largest absolute Gasteiger partial charge is 0.192 e. The molecule has 0 radical (unpaired) electrons. The minimum absolute atomic E-state index is 0.799. The normalized spacial score (nSPS) is 11.2. The molecule has 3 heteroatoms. The summed E-state index contributed by atoms with van der Waals surface area (Å²) in [5.41, 5.74) is 1.05. The fourth-order valence-electron chi connectivity index (χ4n) is 1.66. The molecule has 3 aromatic rings. The van der Waals surface area contributed by atoms with Crippen LogP contribution in [0.4, 0.5) is 0 Å². The Bertz CT molecular complexity index is 615. The molecular formula is C11H6ClNS. The zero-order valence-electron chi connectivity index (χ0n) is 7.20. The summed E-state index contributed by atoms with van der Waals surface area (Å²) in [5.74, 6) is 0. The van der Waals surface area contributed by atoms with Crippen LogP contribution in [-0.4, -0.2) is 4.37 Å². The zero-order chi connectivity index (χ0) is 9.54. The van der Waals surface area contributed by atoms with E-state index in [1.54, 1.807) is 0 Å². The molecule has 0 saturated carbocycles. The van der Waals surface area contributed by atoms with Gasteiger partial charge < -0.3 is 0 Å². The molecule has 0 N–H and O–H groups in total. The Morgan fingerprint density at radius 2 is 1.93 bits per heavy atom. The number of nitrogens with zero attached hydrogens (tertiary/aromatic N) is 1. The Hall–Kier alpha value is -1.12. The van der Waals surface area contributed by atoms with Crippen molar-refractivity contribution in [2.75, 3.05) is 0 Å². The summed E-state index contributed by atoms with van der Waals surface area (Å²) in [7, 11) is 0. The molecule has 0 amide bonds. The minimum atomic E-state index is 0.799. The summed E-state index contributed by atoms with van der Waals surface area (Å²) in [6.07, 6.45) is 0. The van der Waals surface area contributed by atoms with Crippen molar-refractivity contribution in [1.82, 2.24) is 4.37 Å². The van der Waals surface area contributed by atoms with Gasteiger partial charge in [0, 0.05) is 26.6 Å². The van der Waals surface area contributed by atoms with E-state index in [0.717, 1.165) is 26.7 Å². The smallest absolute Gasteiger partial charge is 0.0920 e. The molecule has 2 aromatic carbocycles. The molecule has 1 nitrogen and oxygen atoms in total. The van der Waals surface area contributed by atoms with E-state index < -0.39 is 0 Å². The molecule has 1 aromatic heterocycles. The molecule has 68 valence electrons. The maximum absolute atomic E-state index is 6.17. The Balaban J connectivity index is 2.67. The van der Waals surface area contributed by atoms with Crippen LogP contribution in [0.2, 0.25) is 5.02 Å². The molecule has 0 aliphatic rings. The predicted octanol–water partition coefficient (Wildman–Crippen LogP) is 4.10. The molecule has 14 heavy (non-hydrogen) atoms. The summed E-state index contributed by atoms with van der Waals surface area (Å²) in [4.78, 5) is 0. The van der Waals surface area contributed by atoms with Gasteiger partial charge in [-0.25, -0.2) is 0 Å². The van der Waals surface area contributed by atoms with E-state index in [9.17, 15) is 0 Å². The lowest BCUT2D eigenvalue weighted by atomic mass is 10.1. The lowest BCUT2D eigenvalue weighted by Gasteiger charge is -2.00. The van der Waals surface area contributed by atoms with Crippen molar-refractivity contribution >= 4 is 44.8 Å². The standard InChI is InChI=1S/C11H6ClNS/c12-10-5-7-6-14-13-11(7)9-4-2-1-3-8(9)10/h1-6H. The van der Waals surface area contributed by atoms with E-state index in [1.165, 1.54) is 11.5 Å². The average Bonchev–Trinajstić information content (AvgIpc) is 2.66. The maximum atomic E-state index is 6.17. The first-order valence-electron chi connectivity index (χ1n) is 4.27. The van der Waals surface area contributed by atoms with Gasteiger partial charge in [-0.1, -0.05) is 35.9 Å². The van der Waals surface area contributed by atoms with E-state index in [0.29, 0.717) is 0 Å². The lowest BCUT2D eigenvalue weighted by molar-refractivity contribution is 1.69. The summed E-state index contributed by atoms with van der Waals surface area (Å²) < 4.78 is 4.37. The van der Waals surface area contributed by atoms with Gasteiger partial charge in [-0.3, -0.25) is 0 Å². The number of benzene rings is 2. The van der Waals surface area contributed by atoms with E-state index in [4.69, 9.17) is 11.6 Å². The lowest BCUT2D eigenvalue weighted by Crippen LogP contribution is -1.76. The van der Waals surface area contributed by atoms with Gasteiger partial charge >= 0.3 is 0 Å². The molecule has 3 rings (SSSR count). The van der Waals surface area contributed by atoms with Gasteiger partial charge in [0.15, 0.2) is 0 Å². The second kappa shape index (κ2) is 2.94. The first-order valence-corrected chi connectivity index (χ1v) is 5.49. The van der Waals surface area contributed by atoms with E-state index >= 15 is 0 Å². The molecule has 1 heterocycles. The Morgan fingerprint density at radius 1 is 1.14 bits per heavy atom. The van der Waals surface area contributed by atoms with E-state index in [-0.39, 0.29) is 0 Å². The van der Waals surface area contributed by atoms with E-state index in [1.807, 2.05) is 29.6 Å². The van der Waals surface area contributed by atoms with Crippen molar-refractivity contribution in [1.29, 1.82) is 0 Å². The summed E-state index contributed by atoms with van der Waals surface area (Å²) in [6.45, 7) is 0. The number of hydrogen-bond donors (Lipinski definition) is 0. The zero-order valence-corrected chi connectivity index (χ0v) is 8.77. The van der Waals surface area contributed by atoms with Crippen LogP contribution >= 0.6 is 23.1 Å². The number of aromatic nitrogens is 1. The monoisotopic (exact) mass is 219 g/mol. The van der Waals surface area contributed by atoms with Crippen LogP contribution in [0.15, 0.2) is 35.7 Å². The van der Waals surface area contributed by atoms with Crippen LogP contribution in [0.5, 0.6) is 0 Å². The average molecular weight is 220 g/mol. The quantitative estimate of drug-likeness (QED) is 0.555. The van der Waals surface area contributed by atoms with Crippen LogP contribution in [-0.2, 0) is 0 Å². The van der Waals surface area contributed by atoms with Crippen molar-refractivity contribution < 1.29 is 0 Å². The Morgan fingerprint density at radius 3 is 2.79 bits per heavy atom. The van der Waals surface area contributed by atoms with Crippen LogP contribution in [0.25, 0.3) is 21.7 Å². The number of rotatable bonds is 0. The third-order valence-corrected chi connectivity index (χ3v) is 3.28. The predicted molar refractivity (Wildman–Crippen MR) is 62.1 cm³/mol. The van der Waals surface area contributed by atoms with Crippen LogP contribution < -0.4 is 0 Å². The van der Waals surface area contributed by atoms with Gasteiger partial charge in [-0.15, -0.1) is 0 Å². The second-order valence-corrected chi connectivity index (χ2v) is 4.19. The molecule has 0 aliphatic heterocycles. The first kappa shape index (κ1) is 8.21. The topological polar surface area (TPSA) is 12.9 Å². The number of fused-ring (bicyclic) bond motifs is 3. The molecule has 0 unspecified atom stereocenters. The molecule has 0 aliphatic carbocycles. The highest BCUT2D eigenvalue weighted by atomic mass is 35.5. The third kappa shape index (κ3) is 1.04. The molecule has 0 bridgehead atoms. The summed E-state index contributed by atoms with van der Waals surface area (Å²) >= 11 is 7.64. The summed E-state index contributed by atoms with van der Waals surface area (Å²) in [5, 5.41) is 6.16. The molecule has 0 spiro atoms. The maximum Gasteiger partial charge on any atom is 0.0920 e.